The molecule has 1 aromatic heterocycles. The van der Waals surface area contributed by atoms with E-state index in [1.54, 1.807) is 0 Å². The van der Waals surface area contributed by atoms with Gasteiger partial charge in [-0.1, -0.05) is 13.8 Å². The highest BCUT2D eigenvalue weighted by Crippen LogP contribution is 2.62. The summed E-state index contributed by atoms with van der Waals surface area (Å²) in [6, 6.07) is 0. The third kappa shape index (κ3) is 2.94. The topological polar surface area (TPSA) is 44.4 Å². The van der Waals surface area contributed by atoms with E-state index in [2.05, 4.69) is 33.8 Å². The Morgan fingerprint density at radius 3 is 2.83 bits per heavy atom. The van der Waals surface area contributed by atoms with Crippen molar-refractivity contribution < 1.29 is 4.74 Å². The number of hydrogen-bond acceptors (Lipinski definition) is 4. The normalized spacial score (nSPS) is 34.3. The Balaban J connectivity index is 1.39. The van der Waals surface area contributed by atoms with Crippen molar-refractivity contribution in [1.29, 1.82) is 0 Å². The highest BCUT2D eigenvalue weighted by atomic mass is 16.5. The molecule has 1 saturated carbocycles. The van der Waals surface area contributed by atoms with Crippen molar-refractivity contribution in [3.8, 4) is 0 Å². The summed E-state index contributed by atoms with van der Waals surface area (Å²) in [4.78, 5) is 5.35. The molecule has 1 aromatic rings. The summed E-state index contributed by atoms with van der Waals surface area (Å²) in [5.41, 5.74) is 2.36. The summed E-state index contributed by atoms with van der Waals surface area (Å²) in [6.07, 6.45) is 6.47. The molecule has 0 radical (unpaired) electrons. The van der Waals surface area contributed by atoms with Crippen LogP contribution in [0.3, 0.4) is 0 Å². The van der Waals surface area contributed by atoms with Crippen molar-refractivity contribution in [1.82, 2.24) is 20.0 Å². The van der Waals surface area contributed by atoms with E-state index in [1.807, 2.05) is 12.4 Å². The number of aromatic amines is 1. The van der Waals surface area contributed by atoms with Crippen LogP contribution in [0, 0.1) is 16.7 Å². The van der Waals surface area contributed by atoms with Gasteiger partial charge in [0.25, 0.3) is 0 Å². The van der Waals surface area contributed by atoms with Crippen LogP contribution in [-0.4, -0.2) is 72.5 Å². The fourth-order valence-electron chi connectivity index (χ4n) is 5.52. The number of H-pyrrole nitrogens is 1. The number of likely N-dealkylation sites (tertiary alicyclic amines) is 1. The van der Waals surface area contributed by atoms with Gasteiger partial charge in [0, 0.05) is 50.9 Å². The zero-order chi connectivity index (χ0) is 15.9. The number of hydrogen-bond donors (Lipinski definition) is 1. The maximum Gasteiger partial charge on any atom is 0.0594 e. The van der Waals surface area contributed by atoms with E-state index >= 15 is 0 Å². The van der Waals surface area contributed by atoms with Gasteiger partial charge in [-0.3, -0.25) is 10.00 Å². The Bertz CT molecular complexity index is 523. The molecule has 2 saturated heterocycles. The Morgan fingerprint density at radius 2 is 2.13 bits per heavy atom. The van der Waals surface area contributed by atoms with Crippen molar-refractivity contribution in [3.63, 3.8) is 0 Å². The summed E-state index contributed by atoms with van der Waals surface area (Å²) in [5, 5.41) is 6.98. The monoisotopic (exact) mass is 318 g/mol. The second kappa shape index (κ2) is 5.87. The molecule has 2 aliphatic heterocycles. The zero-order valence-electron chi connectivity index (χ0n) is 14.6. The lowest BCUT2D eigenvalue weighted by Crippen LogP contribution is -2.59. The molecule has 0 aromatic carbocycles. The third-order valence-electron chi connectivity index (χ3n) is 6.38. The Morgan fingerprint density at radius 1 is 1.30 bits per heavy atom. The van der Waals surface area contributed by atoms with E-state index in [4.69, 9.17) is 4.74 Å². The van der Waals surface area contributed by atoms with E-state index in [-0.39, 0.29) is 0 Å². The van der Waals surface area contributed by atoms with E-state index < -0.39 is 0 Å². The van der Waals surface area contributed by atoms with Crippen LogP contribution in [0.4, 0.5) is 0 Å². The van der Waals surface area contributed by atoms with Crippen LogP contribution < -0.4 is 0 Å². The first-order valence-electron chi connectivity index (χ1n) is 9.08. The number of nitrogens with one attached hydrogen (secondary N) is 1. The van der Waals surface area contributed by atoms with E-state index in [0.29, 0.717) is 10.8 Å². The van der Waals surface area contributed by atoms with Crippen molar-refractivity contribution in [3.05, 3.63) is 18.0 Å². The van der Waals surface area contributed by atoms with Crippen molar-refractivity contribution in [2.75, 3.05) is 52.5 Å². The minimum Gasteiger partial charge on any atom is -0.379 e. The van der Waals surface area contributed by atoms with Gasteiger partial charge in [0.1, 0.15) is 0 Å². The number of morpholine rings is 1. The molecule has 1 aliphatic carbocycles. The number of ether oxygens (including phenoxy) is 1. The standard InChI is InChI=1S/C18H30N4O/c1-17(2)12-18(13-21-5-7-23-8-6-21)14-22(11-16(17)18)4-3-15-9-19-20-10-15/h9-10,16H,3-8,11-14H2,1-2H3,(H,19,20)/t16-,18+/m1/s1. The number of rotatable bonds is 5. The first-order chi connectivity index (χ1) is 11.1. The van der Waals surface area contributed by atoms with Crippen molar-refractivity contribution in [2.45, 2.75) is 26.7 Å². The molecule has 1 N–H and O–H groups in total. The van der Waals surface area contributed by atoms with Crippen LogP contribution in [0.5, 0.6) is 0 Å². The number of aromatic nitrogens is 2. The number of nitrogens with zero attached hydrogens (tertiary/aromatic N) is 3. The highest BCUT2D eigenvalue weighted by Gasteiger charge is 2.62. The van der Waals surface area contributed by atoms with Gasteiger partial charge in [-0.25, -0.2) is 0 Å². The zero-order valence-corrected chi connectivity index (χ0v) is 14.6. The van der Waals surface area contributed by atoms with Gasteiger partial charge in [-0.15, -0.1) is 0 Å². The van der Waals surface area contributed by atoms with E-state index in [1.165, 1.54) is 31.6 Å². The maximum absolute atomic E-state index is 5.52. The first kappa shape index (κ1) is 15.6. The molecule has 0 bridgehead atoms. The first-order valence-corrected chi connectivity index (χ1v) is 9.08. The van der Waals surface area contributed by atoms with Gasteiger partial charge in [-0.05, 0) is 29.7 Å². The molecule has 3 fully saturated rings. The lowest BCUT2D eigenvalue weighted by molar-refractivity contribution is -0.0966. The lowest BCUT2D eigenvalue weighted by atomic mass is 9.48. The van der Waals surface area contributed by atoms with Crippen LogP contribution in [0.25, 0.3) is 0 Å². The third-order valence-corrected chi connectivity index (χ3v) is 6.38. The smallest absolute Gasteiger partial charge is 0.0594 e. The second-order valence-electron chi connectivity index (χ2n) is 8.56. The molecular weight excluding hydrogens is 288 g/mol. The minimum absolute atomic E-state index is 0.511. The fourth-order valence-corrected chi connectivity index (χ4v) is 5.52. The summed E-state index contributed by atoms with van der Waals surface area (Å²) >= 11 is 0. The second-order valence-corrected chi connectivity index (χ2v) is 8.56. The van der Waals surface area contributed by atoms with Gasteiger partial charge in [-0.2, -0.15) is 5.10 Å². The Kier molecular flexibility index (Phi) is 3.98. The van der Waals surface area contributed by atoms with Gasteiger partial charge in [0.15, 0.2) is 0 Å². The number of fused-ring (bicyclic) bond motifs is 1. The van der Waals surface area contributed by atoms with Crippen LogP contribution >= 0.6 is 0 Å². The van der Waals surface area contributed by atoms with Crippen molar-refractivity contribution >= 4 is 0 Å². The van der Waals surface area contributed by atoms with Crippen LogP contribution in [0.15, 0.2) is 12.4 Å². The molecule has 3 heterocycles. The molecule has 0 spiro atoms. The summed E-state index contributed by atoms with van der Waals surface area (Å²) in [6.45, 7) is 14.0. The van der Waals surface area contributed by atoms with E-state index in [0.717, 1.165) is 45.2 Å². The quantitative estimate of drug-likeness (QED) is 0.896. The average molecular weight is 318 g/mol. The Labute approximate surface area is 139 Å². The van der Waals surface area contributed by atoms with Crippen LogP contribution in [-0.2, 0) is 11.2 Å². The van der Waals surface area contributed by atoms with Crippen LogP contribution in [0.2, 0.25) is 0 Å². The van der Waals surface area contributed by atoms with Crippen molar-refractivity contribution in [2.24, 2.45) is 16.7 Å². The molecule has 0 unspecified atom stereocenters. The molecule has 128 valence electrons. The van der Waals surface area contributed by atoms with E-state index in [9.17, 15) is 0 Å². The largest absolute Gasteiger partial charge is 0.379 e. The predicted octanol–water partition coefficient (Wildman–Crippen LogP) is 1.63. The molecule has 4 rings (SSSR count). The predicted molar refractivity (Wildman–Crippen MR) is 90.3 cm³/mol. The molecule has 5 heteroatoms. The minimum atomic E-state index is 0.511. The fraction of sp³-hybridized carbons (Fsp3) is 0.833. The molecular formula is C18H30N4O. The van der Waals surface area contributed by atoms with Gasteiger partial charge < -0.3 is 9.64 Å². The summed E-state index contributed by atoms with van der Waals surface area (Å²) in [5.74, 6) is 0.849. The summed E-state index contributed by atoms with van der Waals surface area (Å²) < 4.78 is 5.52. The lowest BCUT2D eigenvalue weighted by Gasteiger charge is -2.58. The maximum atomic E-state index is 5.52. The molecule has 23 heavy (non-hydrogen) atoms. The molecule has 5 nitrogen and oxygen atoms in total. The van der Waals surface area contributed by atoms with Gasteiger partial charge in [0.2, 0.25) is 0 Å². The highest BCUT2D eigenvalue weighted by molar-refractivity contribution is 5.14. The van der Waals surface area contributed by atoms with Crippen LogP contribution in [0.1, 0.15) is 25.8 Å². The Hall–Kier alpha value is -0.910. The average Bonchev–Trinajstić information content (AvgIpc) is 3.12. The molecule has 0 amide bonds. The van der Waals surface area contributed by atoms with Gasteiger partial charge >= 0.3 is 0 Å². The van der Waals surface area contributed by atoms with Gasteiger partial charge in [0.05, 0.1) is 19.4 Å². The molecule has 3 aliphatic rings. The summed E-state index contributed by atoms with van der Waals surface area (Å²) in [7, 11) is 0. The molecule has 2 atom stereocenters. The SMILES string of the molecule is CC1(C)C[C@]2(CN3CCOCC3)CN(CCc3cn[nH]c3)C[C@H]12.